The highest BCUT2D eigenvalue weighted by atomic mass is 16.5. The first-order chi connectivity index (χ1) is 6.15. The van der Waals surface area contributed by atoms with E-state index in [9.17, 15) is 5.11 Å². The van der Waals surface area contributed by atoms with Crippen LogP contribution in [0.15, 0.2) is 24.3 Å². The lowest BCUT2D eigenvalue weighted by Crippen LogP contribution is -2.24. The molecule has 1 aromatic rings. The number of benzene rings is 1. The first-order valence-corrected chi connectivity index (χ1v) is 4.22. The van der Waals surface area contributed by atoms with Gasteiger partial charge in [0.05, 0.1) is 13.2 Å². The predicted octanol–water partition coefficient (Wildman–Crippen LogP) is 1.08. The summed E-state index contributed by atoms with van der Waals surface area (Å²) >= 11 is 0. The Balaban J connectivity index is 2.79. The number of ether oxygens (including phenoxy) is 1. The summed E-state index contributed by atoms with van der Waals surface area (Å²) in [6.07, 6.45) is -0.606. The molecule has 1 aromatic carbocycles. The maximum Gasteiger partial charge on any atom is 0.118 e. The van der Waals surface area contributed by atoms with Gasteiger partial charge in [-0.15, -0.1) is 0 Å². The molecule has 0 amide bonds. The van der Waals surface area contributed by atoms with E-state index in [4.69, 9.17) is 10.5 Å². The third-order valence-corrected chi connectivity index (χ3v) is 1.96. The summed E-state index contributed by atoms with van der Waals surface area (Å²) in [6, 6.07) is 6.98. The molecule has 0 bridgehead atoms. The van der Waals surface area contributed by atoms with Crippen LogP contribution in [0.5, 0.6) is 5.75 Å². The van der Waals surface area contributed by atoms with Crippen molar-refractivity contribution in [3.8, 4) is 5.75 Å². The van der Waals surface area contributed by atoms with Gasteiger partial charge in [0, 0.05) is 6.04 Å². The van der Waals surface area contributed by atoms with Crippen LogP contribution >= 0.6 is 0 Å². The monoisotopic (exact) mass is 181 g/mol. The molecule has 0 saturated carbocycles. The molecule has 0 aliphatic rings. The Morgan fingerprint density at radius 3 is 2.23 bits per heavy atom. The van der Waals surface area contributed by atoms with Crippen molar-refractivity contribution in [2.45, 2.75) is 19.1 Å². The Morgan fingerprint density at radius 2 is 1.85 bits per heavy atom. The molecule has 1 rings (SSSR count). The topological polar surface area (TPSA) is 55.5 Å². The Hall–Kier alpha value is -1.06. The summed E-state index contributed by atoms with van der Waals surface area (Å²) in [4.78, 5) is 0. The molecule has 0 aromatic heterocycles. The van der Waals surface area contributed by atoms with Crippen LogP contribution in [-0.4, -0.2) is 18.3 Å². The van der Waals surface area contributed by atoms with Crippen molar-refractivity contribution in [1.82, 2.24) is 0 Å². The SMILES string of the molecule is COc1ccc([C@@H](O)[C@H](C)N)cc1. The van der Waals surface area contributed by atoms with Crippen molar-refractivity contribution >= 4 is 0 Å². The van der Waals surface area contributed by atoms with Gasteiger partial charge in [0.25, 0.3) is 0 Å². The van der Waals surface area contributed by atoms with E-state index in [-0.39, 0.29) is 6.04 Å². The van der Waals surface area contributed by atoms with Gasteiger partial charge < -0.3 is 15.6 Å². The summed E-state index contributed by atoms with van der Waals surface area (Å²) in [5.41, 5.74) is 6.37. The van der Waals surface area contributed by atoms with Gasteiger partial charge in [-0.3, -0.25) is 0 Å². The van der Waals surface area contributed by atoms with Crippen molar-refractivity contribution in [2.24, 2.45) is 5.73 Å². The van der Waals surface area contributed by atoms with Crippen LogP contribution in [0, 0.1) is 0 Å². The fraction of sp³-hybridized carbons (Fsp3) is 0.400. The van der Waals surface area contributed by atoms with E-state index >= 15 is 0 Å². The average molecular weight is 181 g/mol. The minimum atomic E-state index is -0.606. The standard InChI is InChI=1S/C10H15NO2/c1-7(11)10(12)8-3-5-9(13-2)6-4-8/h3-7,10,12H,11H2,1-2H3/t7-,10-/m0/s1. The second-order valence-electron chi connectivity index (χ2n) is 3.08. The number of hydrogen-bond donors (Lipinski definition) is 2. The van der Waals surface area contributed by atoms with Crippen molar-refractivity contribution in [3.05, 3.63) is 29.8 Å². The van der Waals surface area contributed by atoms with E-state index in [0.29, 0.717) is 0 Å². The van der Waals surface area contributed by atoms with Crippen LogP contribution < -0.4 is 10.5 Å². The number of nitrogens with two attached hydrogens (primary N) is 1. The molecule has 2 atom stereocenters. The normalized spacial score (nSPS) is 15.1. The third kappa shape index (κ3) is 2.44. The Bertz CT molecular complexity index is 256. The fourth-order valence-corrected chi connectivity index (χ4v) is 1.10. The number of hydrogen-bond acceptors (Lipinski definition) is 3. The van der Waals surface area contributed by atoms with Gasteiger partial charge in [0.15, 0.2) is 0 Å². The number of aliphatic hydroxyl groups is 1. The Kier molecular flexibility index (Phi) is 3.28. The number of rotatable bonds is 3. The first-order valence-electron chi connectivity index (χ1n) is 4.22. The van der Waals surface area contributed by atoms with Gasteiger partial charge in [-0.2, -0.15) is 0 Å². The van der Waals surface area contributed by atoms with Crippen LogP contribution in [0.2, 0.25) is 0 Å². The molecule has 3 N–H and O–H groups in total. The lowest BCUT2D eigenvalue weighted by atomic mass is 10.0. The minimum absolute atomic E-state index is 0.256. The molecule has 0 spiro atoms. The highest BCUT2D eigenvalue weighted by molar-refractivity contribution is 5.28. The van der Waals surface area contributed by atoms with E-state index in [2.05, 4.69) is 0 Å². The second kappa shape index (κ2) is 4.25. The van der Waals surface area contributed by atoms with E-state index < -0.39 is 6.10 Å². The van der Waals surface area contributed by atoms with E-state index in [1.165, 1.54) is 0 Å². The highest BCUT2D eigenvalue weighted by Gasteiger charge is 2.11. The second-order valence-corrected chi connectivity index (χ2v) is 3.08. The summed E-state index contributed by atoms with van der Waals surface area (Å²) in [5, 5.41) is 9.60. The first kappa shape index (κ1) is 10.0. The molecule has 0 radical (unpaired) electrons. The number of aliphatic hydroxyl groups excluding tert-OH is 1. The Labute approximate surface area is 78.1 Å². The predicted molar refractivity (Wildman–Crippen MR) is 51.6 cm³/mol. The lowest BCUT2D eigenvalue weighted by Gasteiger charge is -2.14. The summed E-state index contributed by atoms with van der Waals surface area (Å²) in [5.74, 6) is 0.778. The van der Waals surface area contributed by atoms with Crippen LogP contribution in [-0.2, 0) is 0 Å². The zero-order chi connectivity index (χ0) is 9.84. The molecule has 0 heterocycles. The molecule has 3 nitrogen and oxygen atoms in total. The summed E-state index contributed by atoms with van der Waals surface area (Å²) in [7, 11) is 1.61. The maximum atomic E-state index is 9.60. The molecule has 13 heavy (non-hydrogen) atoms. The van der Waals surface area contributed by atoms with Crippen molar-refractivity contribution in [1.29, 1.82) is 0 Å². The quantitative estimate of drug-likeness (QED) is 0.733. The molecule has 0 aliphatic carbocycles. The van der Waals surface area contributed by atoms with Crippen LogP contribution in [0.3, 0.4) is 0 Å². The lowest BCUT2D eigenvalue weighted by molar-refractivity contribution is 0.153. The molecule has 0 unspecified atom stereocenters. The average Bonchev–Trinajstić information content (AvgIpc) is 2.17. The molecule has 0 saturated heterocycles. The molecule has 0 aliphatic heterocycles. The zero-order valence-corrected chi connectivity index (χ0v) is 7.90. The molecule has 72 valence electrons. The summed E-state index contributed by atoms with van der Waals surface area (Å²) < 4.78 is 5.00. The molecule has 0 fully saturated rings. The van der Waals surface area contributed by atoms with Crippen LogP contribution in [0.4, 0.5) is 0 Å². The summed E-state index contributed by atoms with van der Waals surface area (Å²) in [6.45, 7) is 1.77. The zero-order valence-electron chi connectivity index (χ0n) is 7.90. The van der Waals surface area contributed by atoms with E-state index in [0.717, 1.165) is 11.3 Å². The van der Waals surface area contributed by atoms with Crippen molar-refractivity contribution < 1.29 is 9.84 Å². The van der Waals surface area contributed by atoms with Crippen LogP contribution in [0.1, 0.15) is 18.6 Å². The molecule has 3 heteroatoms. The molecular weight excluding hydrogens is 166 g/mol. The fourth-order valence-electron chi connectivity index (χ4n) is 1.10. The van der Waals surface area contributed by atoms with Gasteiger partial charge in [-0.25, -0.2) is 0 Å². The van der Waals surface area contributed by atoms with E-state index in [1.807, 2.05) is 12.1 Å². The Morgan fingerprint density at radius 1 is 1.31 bits per heavy atom. The third-order valence-electron chi connectivity index (χ3n) is 1.96. The van der Waals surface area contributed by atoms with Gasteiger partial charge in [-0.05, 0) is 24.6 Å². The van der Waals surface area contributed by atoms with Gasteiger partial charge in [0.2, 0.25) is 0 Å². The van der Waals surface area contributed by atoms with Crippen molar-refractivity contribution in [2.75, 3.05) is 7.11 Å². The number of methoxy groups -OCH3 is 1. The highest BCUT2D eigenvalue weighted by Crippen LogP contribution is 2.18. The smallest absolute Gasteiger partial charge is 0.118 e. The van der Waals surface area contributed by atoms with E-state index in [1.54, 1.807) is 26.2 Å². The van der Waals surface area contributed by atoms with Crippen LogP contribution in [0.25, 0.3) is 0 Å². The minimum Gasteiger partial charge on any atom is -0.497 e. The van der Waals surface area contributed by atoms with Gasteiger partial charge in [-0.1, -0.05) is 12.1 Å². The van der Waals surface area contributed by atoms with Gasteiger partial charge in [0.1, 0.15) is 5.75 Å². The largest absolute Gasteiger partial charge is 0.497 e. The van der Waals surface area contributed by atoms with Gasteiger partial charge >= 0.3 is 0 Å². The maximum absolute atomic E-state index is 9.60. The van der Waals surface area contributed by atoms with Crippen molar-refractivity contribution in [3.63, 3.8) is 0 Å². The molecular formula is C10H15NO2.